The van der Waals surface area contributed by atoms with E-state index in [1.165, 1.54) is 23.3 Å². The molecular weight excluding hydrogens is 276 g/mol. The summed E-state index contributed by atoms with van der Waals surface area (Å²) in [6.07, 6.45) is 0.100. The number of carbonyl (C=O) groups excluding carboxylic acids is 2. The Labute approximate surface area is 122 Å². The lowest BCUT2D eigenvalue weighted by molar-refractivity contribution is -0.117. The predicted octanol–water partition coefficient (Wildman–Crippen LogP) is 2.90. The molecule has 1 amide bonds. The molecule has 1 unspecified atom stereocenters. The van der Waals surface area contributed by atoms with Crippen LogP contribution in [-0.2, 0) is 15.1 Å². The number of carbonyl (C=O) groups is 2. The third kappa shape index (κ3) is 3.36. The lowest BCUT2D eigenvalue weighted by Gasteiger charge is -2.34. The molecule has 0 spiro atoms. The van der Waals surface area contributed by atoms with Crippen LogP contribution >= 0.6 is 11.3 Å². The number of hydrogen-bond acceptors (Lipinski definition) is 5. The van der Waals surface area contributed by atoms with Crippen LogP contribution in [-0.4, -0.2) is 29.9 Å². The van der Waals surface area contributed by atoms with Gasteiger partial charge in [-0.25, -0.2) is 4.79 Å². The highest BCUT2D eigenvalue weighted by atomic mass is 32.1. The molecule has 1 aromatic rings. The van der Waals surface area contributed by atoms with E-state index in [9.17, 15) is 9.59 Å². The predicted molar refractivity (Wildman–Crippen MR) is 76.4 cm³/mol. The number of nitrogens with zero attached hydrogens (tertiary/aromatic N) is 2. The second kappa shape index (κ2) is 5.63. The molecule has 0 saturated heterocycles. The van der Waals surface area contributed by atoms with E-state index in [2.05, 4.69) is 0 Å². The number of nitriles is 1. The highest BCUT2D eigenvalue weighted by Gasteiger charge is 2.38. The Kier molecular flexibility index (Phi) is 4.56. The zero-order valence-corrected chi connectivity index (χ0v) is 13.1. The van der Waals surface area contributed by atoms with E-state index in [0.29, 0.717) is 16.7 Å². The molecule has 0 aliphatic heterocycles. The van der Waals surface area contributed by atoms with Crippen molar-refractivity contribution in [2.24, 2.45) is 0 Å². The van der Waals surface area contributed by atoms with Gasteiger partial charge in [0, 0.05) is 17.3 Å². The Morgan fingerprint density at radius 3 is 2.45 bits per heavy atom. The molecular formula is C14H18N2O3S. The van der Waals surface area contributed by atoms with Crippen molar-refractivity contribution in [2.75, 3.05) is 7.05 Å². The van der Waals surface area contributed by atoms with Gasteiger partial charge in [-0.15, -0.1) is 11.3 Å². The van der Waals surface area contributed by atoms with Crippen LogP contribution in [0.3, 0.4) is 0 Å². The first-order valence-electron chi connectivity index (χ1n) is 6.06. The number of aldehydes is 1. The third-order valence-corrected chi connectivity index (χ3v) is 3.98. The van der Waals surface area contributed by atoms with E-state index in [-0.39, 0.29) is 0 Å². The van der Waals surface area contributed by atoms with E-state index < -0.39 is 17.2 Å². The Morgan fingerprint density at radius 2 is 2.05 bits per heavy atom. The first-order valence-corrected chi connectivity index (χ1v) is 6.94. The number of thiophene rings is 1. The fraction of sp³-hybridized carbons (Fsp3) is 0.500. The molecule has 0 saturated carbocycles. The van der Waals surface area contributed by atoms with Gasteiger partial charge in [0.15, 0.2) is 6.29 Å². The summed E-state index contributed by atoms with van der Waals surface area (Å²) in [5.74, 6) is 0. The van der Waals surface area contributed by atoms with Crippen LogP contribution in [0.25, 0.3) is 0 Å². The maximum absolute atomic E-state index is 12.1. The summed E-state index contributed by atoms with van der Waals surface area (Å²) in [5, 5.41) is 10.5. The molecule has 0 aliphatic rings. The molecule has 1 heterocycles. The van der Waals surface area contributed by atoms with E-state index >= 15 is 0 Å². The molecule has 1 atom stereocenters. The Morgan fingerprint density at radius 1 is 1.45 bits per heavy atom. The molecule has 0 N–H and O–H groups in total. The van der Waals surface area contributed by atoms with Crippen molar-refractivity contribution in [2.45, 2.75) is 38.8 Å². The van der Waals surface area contributed by atoms with Crippen LogP contribution in [0, 0.1) is 11.3 Å². The van der Waals surface area contributed by atoms with Crippen molar-refractivity contribution >= 4 is 23.7 Å². The minimum Gasteiger partial charge on any atom is -0.444 e. The molecule has 20 heavy (non-hydrogen) atoms. The van der Waals surface area contributed by atoms with Gasteiger partial charge in [0.2, 0.25) is 0 Å². The lowest BCUT2D eigenvalue weighted by atomic mass is 10.00. The van der Waals surface area contributed by atoms with Crippen molar-refractivity contribution in [1.82, 2.24) is 4.90 Å². The number of likely N-dealkylation sites (N-methyl/N-ethyl adjacent to an activating group) is 1. The van der Waals surface area contributed by atoms with E-state index in [0.717, 1.165) is 0 Å². The number of hydrogen-bond donors (Lipinski definition) is 0. The summed E-state index contributed by atoms with van der Waals surface area (Å²) >= 11 is 1.27. The van der Waals surface area contributed by atoms with E-state index in [1.54, 1.807) is 39.1 Å². The molecule has 1 rings (SSSR count). The average molecular weight is 294 g/mol. The zero-order valence-electron chi connectivity index (χ0n) is 12.3. The normalized spacial score (nSPS) is 14.0. The van der Waals surface area contributed by atoms with Gasteiger partial charge in [0.1, 0.15) is 17.2 Å². The van der Waals surface area contributed by atoms with Crippen molar-refractivity contribution in [1.29, 1.82) is 5.26 Å². The van der Waals surface area contributed by atoms with Gasteiger partial charge in [0.25, 0.3) is 0 Å². The van der Waals surface area contributed by atoms with Gasteiger partial charge in [-0.2, -0.15) is 5.26 Å². The van der Waals surface area contributed by atoms with Crippen LogP contribution in [0.15, 0.2) is 11.4 Å². The summed E-state index contributed by atoms with van der Waals surface area (Å²) < 4.78 is 5.27. The smallest absolute Gasteiger partial charge is 0.411 e. The Balaban J connectivity index is 3.07. The van der Waals surface area contributed by atoms with Gasteiger partial charge < -0.3 is 9.53 Å². The van der Waals surface area contributed by atoms with Crippen LogP contribution in [0.1, 0.15) is 38.1 Å². The fourth-order valence-electron chi connectivity index (χ4n) is 1.48. The largest absolute Gasteiger partial charge is 0.444 e. The fourth-order valence-corrected chi connectivity index (χ4v) is 2.48. The molecule has 1 aromatic heterocycles. The molecule has 0 aliphatic carbocycles. The minimum absolute atomic E-state index is 0.468. The van der Waals surface area contributed by atoms with Crippen molar-refractivity contribution in [3.05, 3.63) is 21.9 Å². The Bertz CT molecular complexity index is 554. The first kappa shape index (κ1) is 16.2. The number of rotatable bonds is 3. The second-order valence-electron chi connectivity index (χ2n) is 5.62. The van der Waals surface area contributed by atoms with Gasteiger partial charge in [-0.1, -0.05) is 0 Å². The summed E-state index contributed by atoms with van der Waals surface area (Å²) in [4.78, 5) is 25.5. The molecule has 0 fully saturated rings. The molecule has 5 nitrogen and oxygen atoms in total. The summed E-state index contributed by atoms with van der Waals surface area (Å²) in [5.41, 5.74) is -1.32. The van der Waals surface area contributed by atoms with Crippen molar-refractivity contribution in [3.8, 4) is 6.07 Å². The third-order valence-electron chi connectivity index (χ3n) is 2.82. The van der Waals surface area contributed by atoms with Crippen LogP contribution in [0.4, 0.5) is 4.79 Å². The van der Waals surface area contributed by atoms with Crippen LogP contribution in [0.5, 0.6) is 0 Å². The van der Waals surface area contributed by atoms with Crippen LogP contribution in [0.2, 0.25) is 0 Å². The highest BCUT2D eigenvalue weighted by molar-refractivity contribution is 7.10. The molecule has 6 heteroatoms. The van der Waals surface area contributed by atoms with E-state index in [1.807, 2.05) is 6.07 Å². The molecule has 0 aromatic carbocycles. The molecule has 0 radical (unpaired) electrons. The topological polar surface area (TPSA) is 70.4 Å². The Hall–Kier alpha value is -1.87. The van der Waals surface area contributed by atoms with Gasteiger partial charge in [-0.05, 0) is 33.8 Å². The van der Waals surface area contributed by atoms with Gasteiger partial charge in [0.05, 0.1) is 5.56 Å². The summed E-state index contributed by atoms with van der Waals surface area (Å²) in [6, 6.07) is 3.62. The minimum atomic E-state index is -1.15. The maximum atomic E-state index is 12.1. The van der Waals surface area contributed by atoms with Gasteiger partial charge >= 0.3 is 6.09 Å². The number of amides is 1. The highest BCUT2D eigenvalue weighted by Crippen LogP contribution is 2.31. The standard InChI is InChI=1S/C14H18N2O3S/c1-13(2,3)19-12(18)16(5)14(4,9-17)11-6-10(7-15)8-20-11/h6,8-9H,1-5H3. The zero-order chi connectivity index (χ0) is 15.6. The lowest BCUT2D eigenvalue weighted by Crippen LogP contribution is -2.47. The van der Waals surface area contributed by atoms with Crippen LogP contribution < -0.4 is 0 Å². The average Bonchev–Trinajstić information content (AvgIpc) is 2.84. The SMILES string of the molecule is CN(C(=O)OC(C)(C)C)C(C)(C=O)c1cc(C#N)cs1. The van der Waals surface area contributed by atoms with Crippen molar-refractivity contribution < 1.29 is 14.3 Å². The monoisotopic (exact) mass is 294 g/mol. The molecule has 0 bridgehead atoms. The summed E-state index contributed by atoms with van der Waals surface area (Å²) in [6.45, 7) is 6.90. The second-order valence-corrected chi connectivity index (χ2v) is 6.53. The number of ether oxygens (including phenoxy) is 1. The first-order chi connectivity index (χ1) is 9.14. The summed E-state index contributed by atoms with van der Waals surface area (Å²) in [7, 11) is 1.51. The molecule has 108 valence electrons. The quantitative estimate of drug-likeness (QED) is 0.804. The van der Waals surface area contributed by atoms with Crippen molar-refractivity contribution in [3.63, 3.8) is 0 Å². The van der Waals surface area contributed by atoms with Gasteiger partial charge in [-0.3, -0.25) is 4.90 Å². The maximum Gasteiger partial charge on any atom is 0.411 e. The van der Waals surface area contributed by atoms with E-state index in [4.69, 9.17) is 10.00 Å².